The number of aryl methyl sites for hydroxylation is 1. The molecular weight excluding hydrogens is 350 g/mol. The smallest absolute Gasteiger partial charge is 0.226 e. The Morgan fingerprint density at radius 2 is 1.71 bits per heavy atom. The fourth-order valence-corrected chi connectivity index (χ4v) is 2.99. The second-order valence-corrected chi connectivity index (χ2v) is 8.29. The molecule has 0 aliphatic rings. The predicted octanol–water partition coefficient (Wildman–Crippen LogP) is 5.75. The molecule has 1 amide bonds. The van der Waals surface area contributed by atoms with Gasteiger partial charge in [-0.3, -0.25) is 14.4 Å². The van der Waals surface area contributed by atoms with Crippen LogP contribution in [0, 0.1) is 24.7 Å². The first kappa shape index (κ1) is 23.8. The van der Waals surface area contributed by atoms with Gasteiger partial charge in [0.25, 0.3) is 0 Å². The first-order valence-electron chi connectivity index (χ1n) is 10.1. The lowest BCUT2D eigenvalue weighted by Gasteiger charge is -2.16. The molecule has 0 aliphatic heterocycles. The van der Waals surface area contributed by atoms with Gasteiger partial charge in [-0.25, -0.2) is 0 Å². The molecule has 1 aromatic carbocycles. The molecule has 0 fully saturated rings. The van der Waals surface area contributed by atoms with E-state index in [9.17, 15) is 14.4 Å². The lowest BCUT2D eigenvalue weighted by Crippen LogP contribution is -2.19. The summed E-state index contributed by atoms with van der Waals surface area (Å²) in [4.78, 5) is 36.9. The van der Waals surface area contributed by atoms with Crippen LogP contribution in [0.25, 0.3) is 0 Å². The van der Waals surface area contributed by atoms with Crippen LogP contribution in [0.4, 0.5) is 5.69 Å². The molecular formula is C24H35NO3. The molecule has 4 nitrogen and oxygen atoms in total. The topological polar surface area (TPSA) is 63.2 Å². The molecule has 0 saturated heterocycles. The summed E-state index contributed by atoms with van der Waals surface area (Å²) in [5.41, 5.74) is 3.18. The van der Waals surface area contributed by atoms with Gasteiger partial charge >= 0.3 is 0 Å². The second kappa shape index (κ2) is 10.9. The van der Waals surface area contributed by atoms with Gasteiger partial charge in [-0.1, -0.05) is 45.4 Å². The predicted molar refractivity (Wildman–Crippen MR) is 116 cm³/mol. The number of ketones is 2. The van der Waals surface area contributed by atoms with E-state index < -0.39 is 0 Å². The van der Waals surface area contributed by atoms with Crippen LogP contribution in [0.15, 0.2) is 30.4 Å². The third-order valence-electron chi connectivity index (χ3n) is 5.37. The summed E-state index contributed by atoms with van der Waals surface area (Å²) in [6.45, 7) is 15.2. The van der Waals surface area contributed by atoms with E-state index in [0.29, 0.717) is 23.6 Å². The Bertz CT molecular complexity index is 733. The number of carbonyl (C=O) groups is 3. The highest BCUT2D eigenvalue weighted by Crippen LogP contribution is 2.24. The zero-order valence-corrected chi connectivity index (χ0v) is 18.2. The molecule has 1 N–H and O–H groups in total. The van der Waals surface area contributed by atoms with Crippen molar-refractivity contribution in [1.29, 1.82) is 0 Å². The number of nitrogens with one attached hydrogen (secondary N) is 1. The molecule has 0 heterocycles. The normalized spacial score (nSPS) is 13.1. The van der Waals surface area contributed by atoms with Gasteiger partial charge in [0.1, 0.15) is 5.78 Å². The molecule has 2 atom stereocenters. The van der Waals surface area contributed by atoms with E-state index in [1.165, 1.54) is 0 Å². The number of Topliss-reactive ketones (excluding diaryl/α,β-unsaturated/α-hetero) is 2. The van der Waals surface area contributed by atoms with Crippen molar-refractivity contribution in [1.82, 2.24) is 0 Å². The number of hydrogen-bond donors (Lipinski definition) is 1. The van der Waals surface area contributed by atoms with Gasteiger partial charge in [-0.05, 0) is 57.2 Å². The van der Waals surface area contributed by atoms with Crippen LogP contribution in [0.3, 0.4) is 0 Å². The van der Waals surface area contributed by atoms with Crippen molar-refractivity contribution in [3.8, 4) is 0 Å². The van der Waals surface area contributed by atoms with Gasteiger partial charge in [0.15, 0.2) is 5.78 Å². The van der Waals surface area contributed by atoms with E-state index in [1.54, 1.807) is 19.1 Å². The van der Waals surface area contributed by atoms with Crippen LogP contribution in [0.1, 0.15) is 76.2 Å². The molecule has 0 saturated carbocycles. The number of rotatable bonds is 11. The summed E-state index contributed by atoms with van der Waals surface area (Å²) in [6.07, 6.45) is 2.79. The molecule has 28 heavy (non-hydrogen) atoms. The highest BCUT2D eigenvalue weighted by Gasteiger charge is 2.21. The molecule has 1 unspecified atom stereocenters. The van der Waals surface area contributed by atoms with Gasteiger partial charge in [0.05, 0.1) is 0 Å². The standard InChI is InChI=1S/C24H35NO3/c1-15(2)17(5)9-8-10-20(19(7)26)13-23(27)22-14-21(12-11-18(22)6)25-24(28)16(3)4/h11-12,14,16-17,20H,1,8-10,13H2,2-7H3,(H,25,28)/t17?,20-/m0/s1. The number of benzene rings is 1. The van der Waals surface area contributed by atoms with Gasteiger partial charge in [-0.15, -0.1) is 0 Å². The van der Waals surface area contributed by atoms with Crippen LogP contribution in [0.2, 0.25) is 0 Å². The molecule has 0 spiro atoms. The summed E-state index contributed by atoms with van der Waals surface area (Å²) < 4.78 is 0. The Morgan fingerprint density at radius 3 is 2.25 bits per heavy atom. The number of allylic oxidation sites excluding steroid dienone is 1. The first-order chi connectivity index (χ1) is 13.0. The third kappa shape index (κ3) is 7.41. The van der Waals surface area contributed by atoms with Crippen molar-refractivity contribution in [3.63, 3.8) is 0 Å². The van der Waals surface area contributed by atoms with E-state index in [0.717, 1.165) is 24.0 Å². The van der Waals surface area contributed by atoms with E-state index in [1.807, 2.05) is 33.8 Å². The minimum Gasteiger partial charge on any atom is -0.326 e. The SMILES string of the molecule is C=C(C)C(C)CCC[C@@H](CC(=O)c1cc(NC(=O)C(C)C)ccc1C)C(C)=O. The molecule has 0 bridgehead atoms. The van der Waals surface area contributed by atoms with Crippen LogP contribution >= 0.6 is 0 Å². The Labute approximate surface area is 169 Å². The molecule has 154 valence electrons. The maximum absolute atomic E-state index is 12.9. The van der Waals surface area contributed by atoms with Gasteiger partial charge in [-0.2, -0.15) is 0 Å². The van der Waals surface area contributed by atoms with Gasteiger partial charge in [0.2, 0.25) is 5.91 Å². The van der Waals surface area contributed by atoms with Crippen molar-refractivity contribution in [2.24, 2.45) is 17.8 Å². The van der Waals surface area contributed by atoms with E-state index in [4.69, 9.17) is 0 Å². The van der Waals surface area contributed by atoms with E-state index >= 15 is 0 Å². The van der Waals surface area contributed by atoms with Crippen molar-refractivity contribution in [3.05, 3.63) is 41.5 Å². The summed E-state index contributed by atoms with van der Waals surface area (Å²) in [5.74, 6) is -0.0610. The van der Waals surface area contributed by atoms with Crippen LogP contribution in [-0.4, -0.2) is 17.5 Å². The molecule has 4 heteroatoms. The van der Waals surface area contributed by atoms with E-state index in [-0.39, 0.29) is 35.7 Å². The van der Waals surface area contributed by atoms with E-state index in [2.05, 4.69) is 18.8 Å². The molecule has 1 rings (SSSR count). The van der Waals surface area contributed by atoms with Crippen LogP contribution < -0.4 is 5.32 Å². The van der Waals surface area contributed by atoms with Gasteiger partial charge < -0.3 is 5.32 Å². The average Bonchev–Trinajstić information content (AvgIpc) is 2.61. The Kier molecular flexibility index (Phi) is 9.30. The minimum absolute atomic E-state index is 0.0497. The highest BCUT2D eigenvalue weighted by molar-refractivity contribution is 6.01. The third-order valence-corrected chi connectivity index (χ3v) is 5.37. The lowest BCUT2D eigenvalue weighted by atomic mass is 9.87. The van der Waals surface area contributed by atoms with Crippen molar-refractivity contribution in [2.75, 3.05) is 5.32 Å². The molecule has 0 radical (unpaired) electrons. The van der Waals surface area contributed by atoms with Gasteiger partial charge in [0, 0.05) is 29.5 Å². The number of amides is 1. The summed E-state index contributed by atoms with van der Waals surface area (Å²) in [6, 6.07) is 5.35. The second-order valence-electron chi connectivity index (χ2n) is 8.29. The maximum atomic E-state index is 12.9. The molecule has 1 aromatic rings. The molecule has 0 aliphatic carbocycles. The quantitative estimate of drug-likeness (QED) is 0.390. The monoisotopic (exact) mass is 385 g/mol. The first-order valence-corrected chi connectivity index (χ1v) is 10.1. The molecule has 0 aromatic heterocycles. The number of carbonyl (C=O) groups excluding carboxylic acids is 3. The Morgan fingerprint density at radius 1 is 1.07 bits per heavy atom. The summed E-state index contributed by atoms with van der Waals surface area (Å²) in [5, 5.41) is 2.83. The average molecular weight is 386 g/mol. The van der Waals surface area contributed by atoms with Crippen molar-refractivity contribution < 1.29 is 14.4 Å². The minimum atomic E-state index is -0.266. The maximum Gasteiger partial charge on any atom is 0.226 e. The summed E-state index contributed by atoms with van der Waals surface area (Å²) >= 11 is 0. The van der Waals surface area contributed by atoms with Crippen LogP contribution in [-0.2, 0) is 9.59 Å². The highest BCUT2D eigenvalue weighted by atomic mass is 16.2. The Hall–Kier alpha value is -2.23. The zero-order valence-electron chi connectivity index (χ0n) is 18.2. The zero-order chi connectivity index (χ0) is 21.4. The largest absolute Gasteiger partial charge is 0.326 e. The number of anilines is 1. The fourth-order valence-electron chi connectivity index (χ4n) is 2.99. The lowest BCUT2D eigenvalue weighted by molar-refractivity contribution is -0.121. The number of hydrogen-bond acceptors (Lipinski definition) is 3. The fraction of sp³-hybridized carbons (Fsp3) is 0.542. The summed E-state index contributed by atoms with van der Waals surface area (Å²) in [7, 11) is 0. The van der Waals surface area contributed by atoms with Crippen LogP contribution in [0.5, 0.6) is 0 Å². The van der Waals surface area contributed by atoms with Crippen molar-refractivity contribution in [2.45, 2.75) is 67.2 Å². The Balaban J connectivity index is 2.83. The van der Waals surface area contributed by atoms with Crippen molar-refractivity contribution >= 4 is 23.2 Å².